The van der Waals surface area contributed by atoms with Gasteiger partial charge in [-0.25, -0.2) is 0 Å². The van der Waals surface area contributed by atoms with Crippen molar-refractivity contribution in [2.75, 3.05) is 6.61 Å². The first-order chi connectivity index (χ1) is 32.0. The normalized spacial score (nSPS) is 13.8. The van der Waals surface area contributed by atoms with Crippen molar-refractivity contribution in [2.45, 2.75) is 353 Å². The summed E-state index contributed by atoms with van der Waals surface area (Å²) in [6.07, 6.45) is 64.4. The maximum Gasteiger partial charge on any atom is 0.249 e. The summed E-state index contributed by atoms with van der Waals surface area (Å²) in [4.78, 5) is 12.6. The lowest BCUT2D eigenvalue weighted by Crippen LogP contribution is -2.53. The van der Waals surface area contributed by atoms with Crippen LogP contribution in [0.2, 0.25) is 0 Å². The molecule has 0 aliphatic carbocycles. The summed E-state index contributed by atoms with van der Waals surface area (Å²) in [5.41, 5.74) is 0. The van der Waals surface area contributed by atoms with Gasteiger partial charge in [0, 0.05) is 0 Å². The zero-order valence-corrected chi connectivity index (χ0v) is 44.0. The number of rotatable bonds is 55. The Morgan fingerprint density at radius 3 is 0.923 bits per heavy atom. The van der Waals surface area contributed by atoms with Crippen LogP contribution in [0.4, 0.5) is 0 Å². The minimum atomic E-state index is -1.28. The van der Waals surface area contributed by atoms with Crippen molar-refractivity contribution in [1.82, 2.24) is 5.32 Å². The second kappa shape index (κ2) is 54.0. The zero-order chi connectivity index (χ0) is 47.4. The van der Waals surface area contributed by atoms with E-state index in [9.17, 15) is 25.2 Å². The standard InChI is InChI=1S/C59H117NO5/c1-3-5-7-9-11-13-15-17-19-21-23-25-26-27-28-29-30-31-33-34-36-38-40-42-44-46-48-50-52-56(62)58(64)55(54-61)60-59(65)57(63)53-51-49-47-45-43-41-39-37-35-32-24-22-20-18-16-14-12-10-8-6-4-2/h44,46,55-58,61-64H,3-43,45,47-54H2,1-2H3,(H,60,65)/b46-44+. The Hall–Kier alpha value is -0.950. The molecule has 0 aliphatic heterocycles. The molecule has 0 rings (SSSR count). The molecule has 0 saturated carbocycles. The Morgan fingerprint density at radius 1 is 0.369 bits per heavy atom. The first-order valence-electron chi connectivity index (χ1n) is 29.6. The zero-order valence-electron chi connectivity index (χ0n) is 44.0. The van der Waals surface area contributed by atoms with Crippen molar-refractivity contribution < 1.29 is 25.2 Å². The molecular formula is C59H117NO5. The molecule has 0 aliphatic rings. The van der Waals surface area contributed by atoms with Crippen molar-refractivity contribution in [3.8, 4) is 0 Å². The van der Waals surface area contributed by atoms with Gasteiger partial charge >= 0.3 is 0 Å². The molecule has 6 nitrogen and oxygen atoms in total. The number of allylic oxidation sites excluding steroid dienone is 2. The fourth-order valence-electron chi connectivity index (χ4n) is 9.59. The topological polar surface area (TPSA) is 110 Å². The smallest absolute Gasteiger partial charge is 0.249 e. The van der Waals surface area contributed by atoms with E-state index < -0.39 is 36.9 Å². The first-order valence-corrected chi connectivity index (χ1v) is 29.6. The first kappa shape index (κ1) is 64.0. The lowest BCUT2D eigenvalue weighted by molar-refractivity contribution is -0.132. The predicted octanol–water partition coefficient (Wildman–Crippen LogP) is 17.3. The number of hydrogen-bond donors (Lipinski definition) is 5. The summed E-state index contributed by atoms with van der Waals surface area (Å²) in [7, 11) is 0. The van der Waals surface area contributed by atoms with E-state index in [0.29, 0.717) is 12.8 Å². The molecule has 5 N–H and O–H groups in total. The number of nitrogens with one attached hydrogen (secondary N) is 1. The molecule has 388 valence electrons. The summed E-state index contributed by atoms with van der Waals surface area (Å²) < 4.78 is 0. The monoisotopic (exact) mass is 920 g/mol. The number of carbonyl (C=O) groups is 1. The van der Waals surface area contributed by atoms with Gasteiger partial charge in [0.2, 0.25) is 5.91 Å². The summed E-state index contributed by atoms with van der Waals surface area (Å²) in [6.45, 7) is 4.09. The molecule has 4 atom stereocenters. The van der Waals surface area contributed by atoms with Crippen molar-refractivity contribution >= 4 is 5.91 Å². The van der Waals surface area contributed by atoms with E-state index >= 15 is 0 Å². The second-order valence-electron chi connectivity index (χ2n) is 20.7. The molecule has 6 heteroatoms. The largest absolute Gasteiger partial charge is 0.394 e. The fourth-order valence-corrected chi connectivity index (χ4v) is 9.59. The Bertz CT molecular complexity index is 944. The van der Waals surface area contributed by atoms with Gasteiger partial charge in [-0.3, -0.25) is 4.79 Å². The van der Waals surface area contributed by atoms with E-state index in [-0.39, 0.29) is 0 Å². The average Bonchev–Trinajstić information content (AvgIpc) is 3.31. The van der Waals surface area contributed by atoms with Crippen LogP contribution in [0.3, 0.4) is 0 Å². The minimum absolute atomic E-state index is 0.369. The maximum atomic E-state index is 12.6. The predicted molar refractivity (Wildman–Crippen MR) is 284 cm³/mol. The van der Waals surface area contributed by atoms with Crippen LogP contribution in [-0.2, 0) is 4.79 Å². The second-order valence-corrected chi connectivity index (χ2v) is 20.7. The maximum absolute atomic E-state index is 12.6. The lowest BCUT2D eigenvalue weighted by atomic mass is 10.00. The summed E-state index contributed by atoms with van der Waals surface area (Å²) in [5.74, 6) is -0.586. The molecular weight excluding hydrogens is 803 g/mol. The van der Waals surface area contributed by atoms with Gasteiger partial charge in [-0.05, 0) is 38.5 Å². The molecule has 0 spiro atoms. The highest BCUT2D eigenvalue weighted by Gasteiger charge is 2.28. The third-order valence-corrected chi connectivity index (χ3v) is 14.2. The summed E-state index contributed by atoms with van der Waals surface area (Å²) in [5, 5.41) is 44.0. The van der Waals surface area contributed by atoms with Gasteiger partial charge in [-0.2, -0.15) is 0 Å². The van der Waals surface area contributed by atoms with Crippen molar-refractivity contribution in [2.24, 2.45) is 0 Å². The number of hydrogen-bond acceptors (Lipinski definition) is 5. The number of unbranched alkanes of at least 4 members (excludes halogenated alkanes) is 44. The Balaban J connectivity index is 3.60. The van der Waals surface area contributed by atoms with Crippen LogP contribution in [0.25, 0.3) is 0 Å². The molecule has 4 unspecified atom stereocenters. The Kier molecular flexibility index (Phi) is 53.2. The third-order valence-electron chi connectivity index (χ3n) is 14.2. The molecule has 0 bridgehead atoms. The van der Waals surface area contributed by atoms with Gasteiger partial charge in [-0.1, -0.05) is 302 Å². The van der Waals surface area contributed by atoms with Crippen molar-refractivity contribution in [3.63, 3.8) is 0 Å². The van der Waals surface area contributed by atoms with Crippen molar-refractivity contribution in [3.05, 3.63) is 12.2 Å². The Labute approximate surface area is 406 Å². The SMILES string of the molecule is CCCCCCCCCCCCCCCCCCCCCCCCC/C=C/CCCC(O)C(O)C(CO)NC(=O)C(O)CCCCCCCCCCCCCCCCCCCCCCC. The Morgan fingerprint density at radius 2 is 0.631 bits per heavy atom. The lowest BCUT2D eigenvalue weighted by Gasteiger charge is -2.27. The number of aliphatic hydroxyl groups is 4. The molecule has 0 saturated heterocycles. The van der Waals surface area contributed by atoms with Crippen LogP contribution in [0.1, 0.15) is 328 Å². The fraction of sp³-hybridized carbons (Fsp3) is 0.949. The molecule has 0 heterocycles. The van der Waals surface area contributed by atoms with Crippen LogP contribution in [0.5, 0.6) is 0 Å². The average molecular weight is 921 g/mol. The van der Waals surface area contributed by atoms with Gasteiger partial charge in [0.25, 0.3) is 0 Å². The van der Waals surface area contributed by atoms with Gasteiger partial charge in [0.15, 0.2) is 0 Å². The molecule has 0 aromatic carbocycles. The van der Waals surface area contributed by atoms with Crippen LogP contribution in [0, 0.1) is 0 Å². The van der Waals surface area contributed by atoms with Gasteiger partial charge in [0.05, 0.1) is 18.8 Å². The number of aliphatic hydroxyl groups excluding tert-OH is 4. The van der Waals surface area contributed by atoms with E-state index in [1.54, 1.807) is 0 Å². The highest BCUT2D eigenvalue weighted by atomic mass is 16.3. The minimum Gasteiger partial charge on any atom is -0.394 e. The molecule has 1 amide bonds. The number of amides is 1. The molecule has 0 fully saturated rings. The van der Waals surface area contributed by atoms with Crippen LogP contribution < -0.4 is 5.32 Å². The number of carbonyl (C=O) groups excluding carboxylic acids is 1. The van der Waals surface area contributed by atoms with Crippen LogP contribution >= 0.6 is 0 Å². The highest BCUT2D eigenvalue weighted by Crippen LogP contribution is 2.18. The van der Waals surface area contributed by atoms with E-state index in [2.05, 4.69) is 31.3 Å². The van der Waals surface area contributed by atoms with Gasteiger partial charge in [0.1, 0.15) is 12.2 Å². The molecule has 65 heavy (non-hydrogen) atoms. The van der Waals surface area contributed by atoms with Crippen LogP contribution in [0.15, 0.2) is 12.2 Å². The molecule has 0 radical (unpaired) electrons. The van der Waals surface area contributed by atoms with E-state index in [1.807, 2.05) is 0 Å². The summed E-state index contributed by atoms with van der Waals surface area (Å²) in [6, 6.07) is -0.999. The van der Waals surface area contributed by atoms with Crippen molar-refractivity contribution in [1.29, 1.82) is 0 Å². The van der Waals surface area contributed by atoms with E-state index in [4.69, 9.17) is 0 Å². The highest BCUT2D eigenvalue weighted by molar-refractivity contribution is 5.80. The van der Waals surface area contributed by atoms with Gasteiger partial charge < -0.3 is 25.7 Å². The van der Waals surface area contributed by atoms with E-state index in [1.165, 1.54) is 263 Å². The van der Waals surface area contributed by atoms with Crippen LogP contribution in [-0.4, -0.2) is 57.3 Å². The summed E-state index contributed by atoms with van der Waals surface area (Å²) >= 11 is 0. The quantitative estimate of drug-likeness (QED) is 0.0308. The van der Waals surface area contributed by atoms with E-state index in [0.717, 1.165) is 38.5 Å². The molecule has 0 aromatic heterocycles. The third kappa shape index (κ3) is 47.9. The van der Waals surface area contributed by atoms with Gasteiger partial charge in [-0.15, -0.1) is 0 Å². The molecule has 0 aromatic rings.